The van der Waals surface area contributed by atoms with Crippen molar-refractivity contribution in [1.82, 2.24) is 0 Å². The number of hydrogen-bond acceptors (Lipinski definition) is 2. The van der Waals surface area contributed by atoms with Crippen LogP contribution in [0.2, 0.25) is 0 Å². The van der Waals surface area contributed by atoms with Gasteiger partial charge in [0.25, 0.3) is 0 Å². The maximum Gasteiger partial charge on any atom is 0.306 e. The fourth-order valence-corrected chi connectivity index (χ4v) is 2.49. The summed E-state index contributed by atoms with van der Waals surface area (Å²) in [7, 11) is 0. The molecule has 2 heteroatoms. The summed E-state index contributed by atoms with van der Waals surface area (Å²) in [5, 5.41) is 0. The van der Waals surface area contributed by atoms with Gasteiger partial charge in [-0.15, -0.1) is 0 Å². The molecule has 0 aliphatic carbocycles. The highest BCUT2D eigenvalue weighted by molar-refractivity contribution is 5.69. The molecule has 116 valence electrons. The Labute approximate surface area is 133 Å². The zero-order valence-electron chi connectivity index (χ0n) is 13.4. The van der Waals surface area contributed by atoms with Crippen LogP contribution in [0, 0.1) is 5.92 Å². The highest BCUT2D eigenvalue weighted by Gasteiger charge is 2.08. The van der Waals surface area contributed by atoms with Crippen molar-refractivity contribution in [3.8, 4) is 0 Å². The Balaban J connectivity index is 1.83. The lowest BCUT2D eigenvalue weighted by Gasteiger charge is -2.11. The van der Waals surface area contributed by atoms with E-state index in [1.54, 1.807) is 0 Å². The van der Waals surface area contributed by atoms with Gasteiger partial charge >= 0.3 is 5.97 Å². The molecule has 2 rings (SSSR count). The van der Waals surface area contributed by atoms with Gasteiger partial charge in [0.2, 0.25) is 0 Å². The molecule has 0 radical (unpaired) electrons. The monoisotopic (exact) mass is 296 g/mol. The van der Waals surface area contributed by atoms with E-state index in [1.165, 1.54) is 11.1 Å². The van der Waals surface area contributed by atoms with Crippen molar-refractivity contribution in [2.45, 2.75) is 39.7 Å². The maximum atomic E-state index is 11.9. The standard InChI is InChI=1S/C20H24O2/c1-16(2)14-19-11-7-6-10-18(19)12-13-20(21)22-15-17-8-4-3-5-9-17/h3-11,16H,12-15H2,1-2H3. The third kappa shape index (κ3) is 5.36. The van der Waals surface area contributed by atoms with Gasteiger partial charge < -0.3 is 4.74 Å². The minimum Gasteiger partial charge on any atom is -0.461 e. The molecule has 0 spiro atoms. The van der Waals surface area contributed by atoms with Gasteiger partial charge in [0.15, 0.2) is 0 Å². The van der Waals surface area contributed by atoms with E-state index >= 15 is 0 Å². The molecule has 2 aromatic rings. The summed E-state index contributed by atoms with van der Waals surface area (Å²) < 4.78 is 5.33. The molecule has 22 heavy (non-hydrogen) atoms. The first-order valence-corrected chi connectivity index (χ1v) is 7.91. The first kappa shape index (κ1) is 16.3. The van der Waals surface area contributed by atoms with E-state index in [4.69, 9.17) is 4.74 Å². The lowest BCUT2D eigenvalue weighted by Crippen LogP contribution is -2.07. The molecule has 0 unspecified atom stereocenters. The second kappa shape index (κ2) is 8.38. The van der Waals surface area contributed by atoms with Crippen LogP contribution in [-0.4, -0.2) is 5.97 Å². The quantitative estimate of drug-likeness (QED) is 0.700. The van der Waals surface area contributed by atoms with Crippen LogP contribution < -0.4 is 0 Å². The van der Waals surface area contributed by atoms with Gasteiger partial charge in [-0.25, -0.2) is 0 Å². The number of carbonyl (C=O) groups is 1. The summed E-state index contributed by atoms with van der Waals surface area (Å²) >= 11 is 0. The average molecular weight is 296 g/mol. The zero-order valence-corrected chi connectivity index (χ0v) is 13.4. The average Bonchev–Trinajstić information content (AvgIpc) is 2.52. The lowest BCUT2D eigenvalue weighted by molar-refractivity contribution is -0.144. The van der Waals surface area contributed by atoms with Crippen molar-refractivity contribution in [1.29, 1.82) is 0 Å². The number of aryl methyl sites for hydroxylation is 1. The van der Waals surface area contributed by atoms with E-state index < -0.39 is 0 Å². The summed E-state index contributed by atoms with van der Waals surface area (Å²) in [6.45, 7) is 4.78. The Hall–Kier alpha value is -2.09. The van der Waals surface area contributed by atoms with E-state index in [1.807, 2.05) is 36.4 Å². The van der Waals surface area contributed by atoms with Crippen molar-refractivity contribution < 1.29 is 9.53 Å². The molecule has 2 nitrogen and oxygen atoms in total. The number of hydrogen-bond donors (Lipinski definition) is 0. The normalized spacial score (nSPS) is 10.7. The SMILES string of the molecule is CC(C)Cc1ccccc1CCC(=O)OCc1ccccc1. The molecule has 2 aromatic carbocycles. The van der Waals surface area contributed by atoms with E-state index in [9.17, 15) is 4.79 Å². The lowest BCUT2D eigenvalue weighted by atomic mass is 9.95. The van der Waals surface area contributed by atoms with Gasteiger partial charge in [0.1, 0.15) is 6.61 Å². The van der Waals surface area contributed by atoms with Crippen molar-refractivity contribution in [3.05, 3.63) is 71.3 Å². The van der Waals surface area contributed by atoms with Gasteiger partial charge in [-0.3, -0.25) is 4.79 Å². The third-order valence-corrected chi connectivity index (χ3v) is 3.59. The van der Waals surface area contributed by atoms with Crippen LogP contribution in [-0.2, 0) is 29.0 Å². The van der Waals surface area contributed by atoms with Crippen molar-refractivity contribution in [2.24, 2.45) is 5.92 Å². The molecule has 0 aliphatic rings. The Kier molecular flexibility index (Phi) is 6.20. The third-order valence-electron chi connectivity index (χ3n) is 3.59. The molecular formula is C20H24O2. The number of ether oxygens (including phenoxy) is 1. The largest absolute Gasteiger partial charge is 0.461 e. The number of benzene rings is 2. The minimum atomic E-state index is -0.136. The van der Waals surface area contributed by atoms with Crippen LogP contribution in [0.15, 0.2) is 54.6 Å². The molecule has 0 N–H and O–H groups in total. The summed E-state index contributed by atoms with van der Waals surface area (Å²) in [4.78, 5) is 11.9. The Morgan fingerprint density at radius 3 is 2.27 bits per heavy atom. The Morgan fingerprint density at radius 2 is 1.59 bits per heavy atom. The van der Waals surface area contributed by atoms with Crippen LogP contribution in [0.4, 0.5) is 0 Å². The number of esters is 1. The molecule has 0 heterocycles. The smallest absolute Gasteiger partial charge is 0.306 e. The van der Waals surface area contributed by atoms with E-state index in [0.29, 0.717) is 18.9 Å². The van der Waals surface area contributed by atoms with Gasteiger partial charge in [0.05, 0.1) is 0 Å². The molecule has 0 fully saturated rings. The topological polar surface area (TPSA) is 26.3 Å². The zero-order chi connectivity index (χ0) is 15.8. The molecule has 0 aromatic heterocycles. The van der Waals surface area contributed by atoms with Gasteiger partial charge in [0, 0.05) is 6.42 Å². The number of rotatable bonds is 7. The first-order chi connectivity index (χ1) is 10.6. The van der Waals surface area contributed by atoms with Gasteiger partial charge in [-0.05, 0) is 35.4 Å². The summed E-state index contributed by atoms with van der Waals surface area (Å²) in [5.41, 5.74) is 3.62. The molecule has 0 atom stereocenters. The van der Waals surface area contributed by atoms with Gasteiger partial charge in [-0.2, -0.15) is 0 Å². The van der Waals surface area contributed by atoms with Crippen LogP contribution in [0.1, 0.15) is 37.0 Å². The summed E-state index contributed by atoms with van der Waals surface area (Å²) in [6, 6.07) is 18.2. The highest BCUT2D eigenvalue weighted by Crippen LogP contribution is 2.16. The predicted octanol–water partition coefficient (Wildman–Crippen LogP) is 4.56. The van der Waals surface area contributed by atoms with Gasteiger partial charge in [-0.1, -0.05) is 68.4 Å². The van der Waals surface area contributed by atoms with E-state index in [2.05, 4.69) is 32.0 Å². The molecule has 0 amide bonds. The molecule has 0 saturated carbocycles. The van der Waals surface area contributed by atoms with Crippen LogP contribution in [0.25, 0.3) is 0 Å². The Bertz CT molecular complexity index is 588. The van der Waals surface area contributed by atoms with Crippen molar-refractivity contribution >= 4 is 5.97 Å². The first-order valence-electron chi connectivity index (χ1n) is 7.91. The Morgan fingerprint density at radius 1 is 0.955 bits per heavy atom. The fraction of sp³-hybridized carbons (Fsp3) is 0.350. The van der Waals surface area contributed by atoms with Crippen molar-refractivity contribution in [2.75, 3.05) is 0 Å². The molecule has 0 aliphatic heterocycles. The summed E-state index contributed by atoms with van der Waals surface area (Å²) in [5.74, 6) is 0.481. The predicted molar refractivity (Wildman–Crippen MR) is 89.5 cm³/mol. The molecule has 0 bridgehead atoms. The van der Waals surface area contributed by atoms with E-state index in [-0.39, 0.29) is 5.97 Å². The minimum absolute atomic E-state index is 0.136. The highest BCUT2D eigenvalue weighted by atomic mass is 16.5. The van der Waals surface area contributed by atoms with E-state index in [0.717, 1.165) is 18.4 Å². The number of carbonyl (C=O) groups excluding carboxylic acids is 1. The second-order valence-electron chi connectivity index (χ2n) is 6.01. The summed E-state index contributed by atoms with van der Waals surface area (Å²) in [6.07, 6.45) is 2.23. The molecular weight excluding hydrogens is 272 g/mol. The van der Waals surface area contributed by atoms with Crippen molar-refractivity contribution in [3.63, 3.8) is 0 Å². The van der Waals surface area contributed by atoms with Crippen LogP contribution >= 0.6 is 0 Å². The second-order valence-corrected chi connectivity index (χ2v) is 6.01. The maximum absolute atomic E-state index is 11.9. The fourth-order valence-electron chi connectivity index (χ4n) is 2.49. The van der Waals surface area contributed by atoms with Crippen LogP contribution in [0.5, 0.6) is 0 Å². The van der Waals surface area contributed by atoms with Crippen LogP contribution in [0.3, 0.4) is 0 Å². The molecule has 0 saturated heterocycles.